The van der Waals surface area contributed by atoms with Gasteiger partial charge in [-0.15, -0.1) is 0 Å². The third kappa shape index (κ3) is 4.47. The Hall–Kier alpha value is -2.42. The molecule has 1 aliphatic rings. The summed E-state index contributed by atoms with van der Waals surface area (Å²) < 4.78 is 37.4. The van der Waals surface area contributed by atoms with Crippen LogP contribution in [0.25, 0.3) is 0 Å². The summed E-state index contributed by atoms with van der Waals surface area (Å²) in [5.41, 5.74) is 0.963. The van der Waals surface area contributed by atoms with Crippen molar-refractivity contribution in [1.29, 1.82) is 0 Å². The Labute approximate surface area is 158 Å². The van der Waals surface area contributed by atoms with Crippen LogP contribution in [0.4, 0.5) is 5.69 Å². The SMILES string of the molecule is COc1cccc(C(=O)Nc2ccc(S(=O)(=O)N3CCOC(C)C3)cc2)c1. The van der Waals surface area contributed by atoms with Crippen molar-refractivity contribution in [3.05, 3.63) is 54.1 Å². The van der Waals surface area contributed by atoms with Crippen LogP contribution in [0.1, 0.15) is 17.3 Å². The number of anilines is 1. The van der Waals surface area contributed by atoms with E-state index in [4.69, 9.17) is 9.47 Å². The second-order valence-corrected chi connectivity index (χ2v) is 8.19. The molecule has 0 saturated carbocycles. The van der Waals surface area contributed by atoms with Gasteiger partial charge in [-0.1, -0.05) is 6.07 Å². The van der Waals surface area contributed by atoms with E-state index in [1.165, 1.54) is 23.5 Å². The zero-order chi connectivity index (χ0) is 19.4. The first-order valence-electron chi connectivity index (χ1n) is 8.57. The molecule has 2 aromatic rings. The Balaban J connectivity index is 1.72. The number of hydrogen-bond donors (Lipinski definition) is 1. The van der Waals surface area contributed by atoms with Gasteiger partial charge < -0.3 is 14.8 Å². The van der Waals surface area contributed by atoms with E-state index in [2.05, 4.69) is 5.32 Å². The van der Waals surface area contributed by atoms with Gasteiger partial charge in [0.1, 0.15) is 5.75 Å². The molecule has 0 bridgehead atoms. The molecule has 1 fully saturated rings. The van der Waals surface area contributed by atoms with Crippen molar-refractivity contribution in [3.63, 3.8) is 0 Å². The monoisotopic (exact) mass is 390 g/mol. The Morgan fingerprint density at radius 1 is 1.22 bits per heavy atom. The number of hydrogen-bond acceptors (Lipinski definition) is 5. The second-order valence-electron chi connectivity index (χ2n) is 6.25. The number of nitrogens with one attached hydrogen (secondary N) is 1. The molecule has 7 nitrogen and oxygen atoms in total. The molecule has 1 amide bonds. The molecule has 8 heteroatoms. The van der Waals surface area contributed by atoms with Gasteiger partial charge in [0.05, 0.1) is 24.7 Å². The number of nitrogens with zero attached hydrogens (tertiary/aromatic N) is 1. The zero-order valence-corrected chi connectivity index (χ0v) is 16.0. The highest BCUT2D eigenvalue weighted by molar-refractivity contribution is 7.89. The summed E-state index contributed by atoms with van der Waals surface area (Å²) in [6.45, 7) is 2.89. The number of benzene rings is 2. The van der Waals surface area contributed by atoms with Gasteiger partial charge in [0.2, 0.25) is 10.0 Å². The molecule has 3 rings (SSSR count). The van der Waals surface area contributed by atoms with Crippen molar-refractivity contribution in [2.75, 3.05) is 32.1 Å². The van der Waals surface area contributed by atoms with E-state index in [0.29, 0.717) is 36.7 Å². The normalized spacial score (nSPS) is 18.1. The topological polar surface area (TPSA) is 84.9 Å². The van der Waals surface area contributed by atoms with E-state index in [1.54, 1.807) is 36.4 Å². The van der Waals surface area contributed by atoms with E-state index in [9.17, 15) is 13.2 Å². The zero-order valence-electron chi connectivity index (χ0n) is 15.2. The molecule has 0 aliphatic carbocycles. The summed E-state index contributed by atoms with van der Waals surface area (Å²) in [6, 6.07) is 12.9. The van der Waals surface area contributed by atoms with Gasteiger partial charge in [-0.05, 0) is 49.4 Å². The predicted molar refractivity (Wildman–Crippen MR) is 102 cm³/mol. The van der Waals surface area contributed by atoms with Crippen molar-refractivity contribution < 1.29 is 22.7 Å². The highest BCUT2D eigenvalue weighted by Gasteiger charge is 2.29. The lowest BCUT2D eigenvalue weighted by molar-refractivity contribution is 0.0102. The van der Waals surface area contributed by atoms with E-state index >= 15 is 0 Å². The first-order valence-corrected chi connectivity index (χ1v) is 10.0. The van der Waals surface area contributed by atoms with Crippen molar-refractivity contribution in [3.8, 4) is 5.75 Å². The molecule has 1 heterocycles. The average molecular weight is 390 g/mol. The molecule has 2 aromatic carbocycles. The van der Waals surface area contributed by atoms with Crippen molar-refractivity contribution in [2.24, 2.45) is 0 Å². The Morgan fingerprint density at radius 3 is 2.63 bits per heavy atom. The minimum absolute atomic E-state index is 0.130. The smallest absolute Gasteiger partial charge is 0.255 e. The van der Waals surface area contributed by atoms with Crippen LogP contribution in [-0.2, 0) is 14.8 Å². The fourth-order valence-corrected chi connectivity index (χ4v) is 4.33. The van der Waals surface area contributed by atoms with Crippen molar-refractivity contribution in [1.82, 2.24) is 4.31 Å². The third-order valence-electron chi connectivity index (χ3n) is 4.29. The number of sulfonamides is 1. The Kier molecular flexibility index (Phi) is 5.79. The van der Waals surface area contributed by atoms with Gasteiger partial charge in [-0.3, -0.25) is 4.79 Å². The van der Waals surface area contributed by atoms with E-state index < -0.39 is 10.0 Å². The second kappa shape index (κ2) is 8.08. The van der Waals surface area contributed by atoms with E-state index in [1.807, 2.05) is 6.92 Å². The summed E-state index contributed by atoms with van der Waals surface area (Å²) in [6.07, 6.45) is -0.130. The largest absolute Gasteiger partial charge is 0.497 e. The fourth-order valence-electron chi connectivity index (χ4n) is 2.83. The van der Waals surface area contributed by atoms with Crippen LogP contribution in [0.15, 0.2) is 53.4 Å². The van der Waals surface area contributed by atoms with Gasteiger partial charge >= 0.3 is 0 Å². The lowest BCUT2D eigenvalue weighted by atomic mass is 10.2. The summed E-state index contributed by atoms with van der Waals surface area (Å²) in [5, 5.41) is 2.75. The van der Waals surface area contributed by atoms with Crippen LogP contribution in [0.3, 0.4) is 0 Å². The molecule has 144 valence electrons. The predicted octanol–water partition coefficient (Wildman–Crippen LogP) is 2.36. The molecule has 1 aliphatic heterocycles. The van der Waals surface area contributed by atoms with E-state index in [0.717, 1.165) is 0 Å². The fraction of sp³-hybridized carbons (Fsp3) is 0.316. The maximum atomic E-state index is 12.7. The van der Waals surface area contributed by atoms with Gasteiger partial charge in [0, 0.05) is 24.3 Å². The minimum atomic E-state index is -3.58. The van der Waals surface area contributed by atoms with Crippen LogP contribution in [0.2, 0.25) is 0 Å². The summed E-state index contributed by atoms with van der Waals surface area (Å²) in [4.78, 5) is 12.5. The number of rotatable bonds is 5. The number of ether oxygens (including phenoxy) is 2. The lowest BCUT2D eigenvalue weighted by Gasteiger charge is -2.30. The van der Waals surface area contributed by atoms with Crippen molar-refractivity contribution in [2.45, 2.75) is 17.9 Å². The summed E-state index contributed by atoms with van der Waals surface area (Å²) in [7, 11) is -2.04. The quantitative estimate of drug-likeness (QED) is 0.847. The third-order valence-corrected chi connectivity index (χ3v) is 6.17. The number of amides is 1. The standard InChI is InChI=1S/C19H22N2O5S/c1-14-13-21(10-11-26-14)27(23,24)18-8-6-16(7-9-18)20-19(22)15-4-3-5-17(12-15)25-2/h3-9,12,14H,10-11,13H2,1-2H3,(H,20,22). The first kappa shape index (κ1) is 19.3. The van der Waals surface area contributed by atoms with Gasteiger partial charge in [-0.25, -0.2) is 8.42 Å². The Bertz CT molecular complexity index is 912. The van der Waals surface area contributed by atoms with Crippen molar-refractivity contribution >= 4 is 21.6 Å². The lowest BCUT2D eigenvalue weighted by Crippen LogP contribution is -2.44. The molecule has 1 saturated heterocycles. The number of methoxy groups -OCH3 is 1. The highest BCUT2D eigenvalue weighted by atomic mass is 32.2. The number of carbonyl (C=O) groups excluding carboxylic acids is 1. The molecule has 0 radical (unpaired) electrons. The Morgan fingerprint density at radius 2 is 1.96 bits per heavy atom. The van der Waals surface area contributed by atoms with Gasteiger partial charge in [-0.2, -0.15) is 4.31 Å². The molecule has 27 heavy (non-hydrogen) atoms. The molecule has 0 aromatic heterocycles. The number of morpholine rings is 1. The minimum Gasteiger partial charge on any atom is -0.497 e. The summed E-state index contributed by atoms with van der Waals surface area (Å²) in [5.74, 6) is 0.287. The van der Waals surface area contributed by atoms with Crippen LogP contribution in [0, 0.1) is 0 Å². The molecular weight excluding hydrogens is 368 g/mol. The van der Waals surface area contributed by atoms with Crippen LogP contribution >= 0.6 is 0 Å². The average Bonchev–Trinajstić information content (AvgIpc) is 2.68. The molecule has 1 atom stereocenters. The molecule has 1 unspecified atom stereocenters. The maximum Gasteiger partial charge on any atom is 0.255 e. The van der Waals surface area contributed by atoms with Crippen LogP contribution in [0.5, 0.6) is 5.75 Å². The maximum absolute atomic E-state index is 12.7. The summed E-state index contributed by atoms with van der Waals surface area (Å²) >= 11 is 0. The molecular formula is C19H22N2O5S. The first-order chi connectivity index (χ1) is 12.9. The number of carbonyl (C=O) groups is 1. The highest BCUT2D eigenvalue weighted by Crippen LogP contribution is 2.21. The van der Waals surface area contributed by atoms with Crippen LogP contribution < -0.4 is 10.1 Å². The van der Waals surface area contributed by atoms with Crippen LogP contribution in [-0.4, -0.2) is 51.5 Å². The molecule has 0 spiro atoms. The van der Waals surface area contributed by atoms with E-state index in [-0.39, 0.29) is 16.9 Å². The van der Waals surface area contributed by atoms with Gasteiger partial charge in [0.15, 0.2) is 0 Å². The van der Waals surface area contributed by atoms with Gasteiger partial charge in [0.25, 0.3) is 5.91 Å². The molecule has 1 N–H and O–H groups in total.